The molecule has 3 nitrogen and oxygen atoms in total. The summed E-state index contributed by atoms with van der Waals surface area (Å²) in [6, 6.07) is 6.45. The fraction of sp³-hybridized carbons (Fsp3) is 0.625. The molecule has 1 unspecified atom stereocenters. The first-order valence-electron chi connectivity index (χ1n) is 7.22. The normalized spacial score (nSPS) is 12.4. The van der Waals surface area contributed by atoms with Crippen LogP contribution in [-0.4, -0.2) is 30.9 Å². The van der Waals surface area contributed by atoms with Crippen molar-refractivity contribution in [2.45, 2.75) is 46.1 Å². The number of nitrogens with one attached hydrogen (secondary N) is 1. The minimum Gasteiger partial charge on any atom is -0.493 e. The molecule has 108 valence electrons. The maximum Gasteiger partial charge on any atom is 0.125 e. The maximum atomic E-state index is 9.05. The molecule has 1 rings (SSSR count). The molecule has 0 aliphatic carbocycles. The number of benzene rings is 1. The van der Waals surface area contributed by atoms with Crippen molar-refractivity contribution < 1.29 is 9.84 Å². The van der Waals surface area contributed by atoms with Crippen molar-refractivity contribution in [3.63, 3.8) is 0 Å². The van der Waals surface area contributed by atoms with Crippen LogP contribution in [-0.2, 0) is 0 Å². The van der Waals surface area contributed by atoms with Gasteiger partial charge in [-0.1, -0.05) is 25.1 Å². The van der Waals surface area contributed by atoms with Crippen LogP contribution in [0, 0.1) is 13.8 Å². The van der Waals surface area contributed by atoms with Crippen LogP contribution < -0.4 is 10.1 Å². The van der Waals surface area contributed by atoms with Gasteiger partial charge in [-0.15, -0.1) is 0 Å². The second-order valence-electron chi connectivity index (χ2n) is 5.02. The Labute approximate surface area is 117 Å². The van der Waals surface area contributed by atoms with E-state index >= 15 is 0 Å². The minimum atomic E-state index is 0.218. The summed E-state index contributed by atoms with van der Waals surface area (Å²) in [5, 5.41) is 12.4. The van der Waals surface area contributed by atoms with Gasteiger partial charge >= 0.3 is 0 Å². The number of aliphatic hydroxyl groups excluding tert-OH is 1. The molecule has 3 heteroatoms. The predicted octanol–water partition coefficient (Wildman–Crippen LogP) is 2.82. The molecule has 0 spiro atoms. The van der Waals surface area contributed by atoms with Crippen molar-refractivity contribution in [2.24, 2.45) is 0 Å². The molecule has 0 radical (unpaired) electrons. The molecule has 0 aliphatic heterocycles. The van der Waals surface area contributed by atoms with E-state index in [1.165, 1.54) is 11.1 Å². The minimum absolute atomic E-state index is 0.218. The predicted molar refractivity (Wildman–Crippen MR) is 79.8 cm³/mol. The molecule has 1 aromatic carbocycles. The van der Waals surface area contributed by atoms with E-state index in [1.807, 2.05) is 0 Å². The highest BCUT2D eigenvalue weighted by Crippen LogP contribution is 2.22. The summed E-state index contributed by atoms with van der Waals surface area (Å²) >= 11 is 0. The molecule has 0 heterocycles. The van der Waals surface area contributed by atoms with Crippen molar-refractivity contribution in [2.75, 3.05) is 19.8 Å². The van der Waals surface area contributed by atoms with E-state index < -0.39 is 0 Å². The van der Waals surface area contributed by atoms with E-state index in [0.717, 1.165) is 38.2 Å². The molecule has 2 N–H and O–H groups in total. The number of hydrogen-bond donors (Lipinski definition) is 2. The summed E-state index contributed by atoms with van der Waals surface area (Å²) in [7, 11) is 0. The van der Waals surface area contributed by atoms with E-state index in [9.17, 15) is 0 Å². The Hall–Kier alpha value is -1.06. The first-order valence-corrected chi connectivity index (χ1v) is 7.22. The molecule has 0 saturated heterocycles. The summed E-state index contributed by atoms with van der Waals surface area (Å²) in [4.78, 5) is 0. The van der Waals surface area contributed by atoms with Gasteiger partial charge in [0.2, 0.25) is 0 Å². The van der Waals surface area contributed by atoms with E-state index in [1.54, 1.807) is 0 Å². The average molecular weight is 265 g/mol. The van der Waals surface area contributed by atoms with E-state index in [-0.39, 0.29) is 12.6 Å². The monoisotopic (exact) mass is 265 g/mol. The van der Waals surface area contributed by atoms with Crippen LogP contribution in [0.5, 0.6) is 5.75 Å². The summed E-state index contributed by atoms with van der Waals surface area (Å²) in [5.74, 6) is 1.03. The lowest BCUT2D eigenvalue weighted by molar-refractivity contribution is 0.236. The topological polar surface area (TPSA) is 41.5 Å². The number of para-hydroxylation sites is 1. The van der Waals surface area contributed by atoms with Crippen LogP contribution in [0.2, 0.25) is 0 Å². The number of hydrogen-bond acceptors (Lipinski definition) is 3. The van der Waals surface area contributed by atoms with Gasteiger partial charge in [0.05, 0.1) is 13.2 Å². The van der Waals surface area contributed by atoms with Gasteiger partial charge in [0.25, 0.3) is 0 Å². The summed E-state index contributed by atoms with van der Waals surface area (Å²) < 4.78 is 5.85. The first kappa shape index (κ1) is 16.0. The van der Waals surface area contributed by atoms with E-state index in [0.29, 0.717) is 0 Å². The number of unbranched alkanes of at least 4 members (excludes halogenated alkanes) is 1. The van der Waals surface area contributed by atoms with Crippen molar-refractivity contribution in [1.29, 1.82) is 0 Å². The third-order valence-corrected chi connectivity index (χ3v) is 3.37. The lowest BCUT2D eigenvalue weighted by atomic mass is 10.1. The Morgan fingerprint density at radius 3 is 2.47 bits per heavy atom. The molecule has 0 aliphatic rings. The lowest BCUT2D eigenvalue weighted by Crippen LogP contribution is -2.32. The fourth-order valence-electron chi connectivity index (χ4n) is 2.07. The Morgan fingerprint density at radius 1 is 1.21 bits per heavy atom. The first-order chi connectivity index (χ1) is 9.19. The van der Waals surface area contributed by atoms with Gasteiger partial charge < -0.3 is 15.2 Å². The average Bonchev–Trinajstić information content (AvgIpc) is 2.41. The molecule has 1 atom stereocenters. The van der Waals surface area contributed by atoms with Gasteiger partial charge in [-0.2, -0.15) is 0 Å². The third kappa shape index (κ3) is 5.62. The second-order valence-corrected chi connectivity index (χ2v) is 5.02. The van der Waals surface area contributed by atoms with Gasteiger partial charge in [0.15, 0.2) is 0 Å². The SMILES string of the molecule is CCC(CO)NCCCCOc1c(C)cccc1C. The Balaban J connectivity index is 2.17. The quantitative estimate of drug-likeness (QED) is 0.675. The molecule has 0 saturated carbocycles. The third-order valence-electron chi connectivity index (χ3n) is 3.37. The largest absolute Gasteiger partial charge is 0.493 e. The van der Waals surface area contributed by atoms with Crippen LogP contribution >= 0.6 is 0 Å². The van der Waals surface area contributed by atoms with Crippen molar-refractivity contribution >= 4 is 0 Å². The number of aryl methyl sites for hydroxylation is 2. The molecular formula is C16H27NO2. The zero-order valence-corrected chi connectivity index (χ0v) is 12.4. The van der Waals surface area contributed by atoms with Gasteiger partial charge in [-0.05, 0) is 50.8 Å². The highest BCUT2D eigenvalue weighted by molar-refractivity contribution is 5.39. The molecule has 0 amide bonds. The number of aliphatic hydroxyl groups is 1. The standard InChI is InChI=1S/C16H27NO2/c1-4-15(12-18)17-10-5-6-11-19-16-13(2)8-7-9-14(16)3/h7-9,15,17-18H,4-6,10-12H2,1-3H3. The van der Waals surface area contributed by atoms with Crippen LogP contribution in [0.4, 0.5) is 0 Å². The zero-order chi connectivity index (χ0) is 14.1. The van der Waals surface area contributed by atoms with Crippen LogP contribution in [0.15, 0.2) is 18.2 Å². The van der Waals surface area contributed by atoms with Crippen molar-refractivity contribution in [3.8, 4) is 5.75 Å². The number of rotatable bonds is 9. The van der Waals surface area contributed by atoms with Gasteiger partial charge in [-0.25, -0.2) is 0 Å². The molecular weight excluding hydrogens is 238 g/mol. The highest BCUT2D eigenvalue weighted by atomic mass is 16.5. The van der Waals surface area contributed by atoms with Crippen LogP contribution in [0.3, 0.4) is 0 Å². The van der Waals surface area contributed by atoms with E-state index in [2.05, 4.69) is 44.3 Å². The second kappa shape index (κ2) is 8.94. The van der Waals surface area contributed by atoms with Crippen LogP contribution in [0.1, 0.15) is 37.3 Å². The smallest absolute Gasteiger partial charge is 0.125 e. The van der Waals surface area contributed by atoms with Gasteiger partial charge in [0, 0.05) is 6.04 Å². The molecule has 0 bridgehead atoms. The maximum absolute atomic E-state index is 9.05. The summed E-state index contributed by atoms with van der Waals surface area (Å²) in [5.41, 5.74) is 2.40. The van der Waals surface area contributed by atoms with E-state index in [4.69, 9.17) is 9.84 Å². The highest BCUT2D eigenvalue weighted by Gasteiger charge is 2.04. The summed E-state index contributed by atoms with van der Waals surface area (Å²) in [6.45, 7) is 8.15. The van der Waals surface area contributed by atoms with Gasteiger partial charge in [0.1, 0.15) is 5.75 Å². The molecule has 0 aromatic heterocycles. The van der Waals surface area contributed by atoms with Crippen molar-refractivity contribution in [3.05, 3.63) is 29.3 Å². The molecule has 1 aromatic rings. The fourth-order valence-corrected chi connectivity index (χ4v) is 2.07. The zero-order valence-electron chi connectivity index (χ0n) is 12.4. The Morgan fingerprint density at radius 2 is 1.89 bits per heavy atom. The Bertz CT molecular complexity index is 342. The van der Waals surface area contributed by atoms with Crippen LogP contribution in [0.25, 0.3) is 0 Å². The Kier molecular flexibility index (Phi) is 7.53. The number of ether oxygens (including phenoxy) is 1. The molecule has 0 fully saturated rings. The summed E-state index contributed by atoms with van der Waals surface area (Å²) in [6.07, 6.45) is 3.07. The molecule has 19 heavy (non-hydrogen) atoms. The lowest BCUT2D eigenvalue weighted by Gasteiger charge is -2.14. The van der Waals surface area contributed by atoms with Gasteiger partial charge in [-0.3, -0.25) is 0 Å². The van der Waals surface area contributed by atoms with Crippen molar-refractivity contribution in [1.82, 2.24) is 5.32 Å².